The first-order valence-electron chi connectivity index (χ1n) is 6.74. The Morgan fingerprint density at radius 3 is 2.65 bits per heavy atom. The number of rotatable bonds is 3. The molecule has 20 heavy (non-hydrogen) atoms. The number of ether oxygens (including phenoxy) is 2. The largest absolute Gasteiger partial charge is 0.454 e. The topological polar surface area (TPSA) is 73.6 Å². The van der Waals surface area contributed by atoms with E-state index in [1.165, 1.54) is 0 Å². The maximum Gasteiger partial charge on any atom is 0.231 e. The third-order valence-corrected chi connectivity index (χ3v) is 4.16. The van der Waals surface area contributed by atoms with Gasteiger partial charge in [-0.05, 0) is 12.8 Å². The molecule has 5 nitrogen and oxygen atoms in total. The number of amides is 1. The zero-order valence-electron chi connectivity index (χ0n) is 11.1. The van der Waals surface area contributed by atoms with E-state index in [2.05, 4.69) is 5.32 Å². The highest BCUT2D eigenvalue weighted by Gasteiger charge is 2.32. The van der Waals surface area contributed by atoms with Gasteiger partial charge in [-0.2, -0.15) is 0 Å². The lowest BCUT2D eigenvalue weighted by Gasteiger charge is -2.22. The number of carbonyl (C=O) groups excluding carboxylic acids is 1. The summed E-state index contributed by atoms with van der Waals surface area (Å²) in [7, 11) is 0. The van der Waals surface area contributed by atoms with Crippen LogP contribution in [0.2, 0.25) is 5.02 Å². The monoisotopic (exact) mass is 296 g/mol. The maximum atomic E-state index is 12.1. The first-order chi connectivity index (χ1) is 9.56. The number of hydrogen-bond donors (Lipinski definition) is 2. The van der Waals surface area contributed by atoms with Crippen LogP contribution in [0, 0.1) is 0 Å². The minimum atomic E-state index is -0.368. The SMILES string of the molecule is NC1(CC(=O)Nc2cc3c(cc2Cl)OCO3)CCCC1. The number of halogens is 1. The van der Waals surface area contributed by atoms with Crippen molar-refractivity contribution in [1.29, 1.82) is 0 Å². The minimum absolute atomic E-state index is 0.116. The van der Waals surface area contributed by atoms with Crippen LogP contribution in [0.1, 0.15) is 32.1 Å². The number of nitrogens with one attached hydrogen (secondary N) is 1. The summed E-state index contributed by atoms with van der Waals surface area (Å²) in [6.07, 6.45) is 4.30. The molecule has 0 unspecified atom stereocenters. The van der Waals surface area contributed by atoms with Gasteiger partial charge >= 0.3 is 0 Å². The molecule has 1 fully saturated rings. The Balaban J connectivity index is 1.70. The van der Waals surface area contributed by atoms with Gasteiger partial charge in [-0.1, -0.05) is 24.4 Å². The lowest BCUT2D eigenvalue weighted by atomic mass is 9.94. The zero-order chi connectivity index (χ0) is 14.2. The van der Waals surface area contributed by atoms with Crippen molar-refractivity contribution in [2.75, 3.05) is 12.1 Å². The van der Waals surface area contributed by atoms with Gasteiger partial charge in [-0.3, -0.25) is 4.79 Å². The molecule has 0 radical (unpaired) electrons. The van der Waals surface area contributed by atoms with Crippen molar-refractivity contribution in [2.24, 2.45) is 5.73 Å². The molecule has 1 aromatic carbocycles. The number of carbonyl (C=O) groups is 1. The summed E-state index contributed by atoms with van der Waals surface area (Å²) in [4.78, 5) is 12.1. The number of hydrogen-bond acceptors (Lipinski definition) is 4. The number of anilines is 1. The predicted octanol–water partition coefficient (Wildman–Crippen LogP) is 2.67. The fourth-order valence-electron chi connectivity index (χ4n) is 2.78. The second-order valence-corrected chi connectivity index (χ2v) is 5.89. The van der Waals surface area contributed by atoms with Crippen molar-refractivity contribution in [3.63, 3.8) is 0 Å². The van der Waals surface area contributed by atoms with Gasteiger partial charge in [0, 0.05) is 24.1 Å². The van der Waals surface area contributed by atoms with Crippen molar-refractivity contribution >= 4 is 23.2 Å². The molecule has 3 rings (SSSR count). The van der Waals surface area contributed by atoms with E-state index in [0.717, 1.165) is 25.7 Å². The van der Waals surface area contributed by atoms with E-state index in [1.54, 1.807) is 12.1 Å². The van der Waals surface area contributed by atoms with Crippen molar-refractivity contribution in [3.05, 3.63) is 17.2 Å². The third-order valence-electron chi connectivity index (χ3n) is 3.85. The van der Waals surface area contributed by atoms with Crippen LogP contribution >= 0.6 is 11.6 Å². The van der Waals surface area contributed by atoms with Crippen LogP contribution in [0.15, 0.2) is 12.1 Å². The fraction of sp³-hybridized carbons (Fsp3) is 0.500. The Labute approximate surface area is 122 Å². The molecule has 2 aliphatic rings. The molecular weight excluding hydrogens is 280 g/mol. The van der Waals surface area contributed by atoms with Crippen LogP contribution in [-0.4, -0.2) is 18.2 Å². The number of benzene rings is 1. The van der Waals surface area contributed by atoms with E-state index in [4.69, 9.17) is 26.8 Å². The summed E-state index contributed by atoms with van der Waals surface area (Å²) in [5.74, 6) is 1.07. The van der Waals surface area contributed by atoms with Gasteiger partial charge in [0.25, 0.3) is 0 Å². The second kappa shape index (κ2) is 5.14. The van der Waals surface area contributed by atoms with Crippen LogP contribution in [0.3, 0.4) is 0 Å². The van der Waals surface area contributed by atoms with Gasteiger partial charge in [0.05, 0.1) is 10.7 Å². The molecule has 0 aromatic heterocycles. The number of fused-ring (bicyclic) bond motifs is 1. The van der Waals surface area contributed by atoms with Crippen molar-refractivity contribution < 1.29 is 14.3 Å². The Hall–Kier alpha value is -1.46. The van der Waals surface area contributed by atoms with E-state index < -0.39 is 0 Å². The van der Waals surface area contributed by atoms with Gasteiger partial charge in [0.15, 0.2) is 11.5 Å². The molecule has 1 amide bonds. The summed E-state index contributed by atoms with van der Waals surface area (Å²) >= 11 is 6.12. The lowest BCUT2D eigenvalue weighted by Crippen LogP contribution is -2.40. The van der Waals surface area contributed by atoms with E-state index >= 15 is 0 Å². The molecule has 3 N–H and O–H groups in total. The molecule has 108 valence electrons. The molecule has 1 saturated carbocycles. The van der Waals surface area contributed by atoms with E-state index in [-0.39, 0.29) is 18.2 Å². The molecule has 1 heterocycles. The average molecular weight is 297 g/mol. The third kappa shape index (κ3) is 2.69. The molecular formula is C14H17ClN2O3. The van der Waals surface area contributed by atoms with Gasteiger partial charge in [0.2, 0.25) is 12.7 Å². The first-order valence-corrected chi connectivity index (χ1v) is 7.11. The van der Waals surface area contributed by atoms with Crippen LogP contribution in [0.4, 0.5) is 5.69 Å². The first kappa shape index (κ1) is 13.5. The Morgan fingerprint density at radius 1 is 1.30 bits per heavy atom. The standard InChI is InChI=1S/C14H17ClN2O3/c15-9-5-11-12(20-8-19-11)6-10(9)17-13(18)7-14(16)3-1-2-4-14/h5-6H,1-4,7-8,16H2,(H,17,18). The maximum absolute atomic E-state index is 12.1. The minimum Gasteiger partial charge on any atom is -0.454 e. The van der Waals surface area contributed by atoms with Gasteiger partial charge in [0.1, 0.15) is 0 Å². The molecule has 0 bridgehead atoms. The van der Waals surface area contributed by atoms with Crippen molar-refractivity contribution in [2.45, 2.75) is 37.6 Å². The highest BCUT2D eigenvalue weighted by molar-refractivity contribution is 6.34. The van der Waals surface area contributed by atoms with Crippen molar-refractivity contribution in [3.8, 4) is 11.5 Å². The van der Waals surface area contributed by atoms with E-state index in [0.29, 0.717) is 28.6 Å². The summed E-state index contributed by atoms with van der Waals surface area (Å²) in [6, 6.07) is 3.33. The van der Waals surface area contributed by atoms with Gasteiger partial charge in [-0.15, -0.1) is 0 Å². The van der Waals surface area contributed by atoms with Crippen molar-refractivity contribution in [1.82, 2.24) is 0 Å². The van der Waals surface area contributed by atoms with Crippen LogP contribution < -0.4 is 20.5 Å². The Bertz CT molecular complexity index is 541. The molecule has 6 heteroatoms. The second-order valence-electron chi connectivity index (χ2n) is 5.48. The van der Waals surface area contributed by atoms with Crippen LogP contribution in [0.5, 0.6) is 11.5 Å². The molecule has 1 aromatic rings. The normalized spacial score (nSPS) is 19.1. The Kier molecular flexibility index (Phi) is 3.48. The fourth-order valence-corrected chi connectivity index (χ4v) is 2.98. The quantitative estimate of drug-likeness (QED) is 0.899. The highest BCUT2D eigenvalue weighted by Crippen LogP contribution is 2.39. The van der Waals surface area contributed by atoms with Gasteiger partial charge < -0.3 is 20.5 Å². The average Bonchev–Trinajstić information content (AvgIpc) is 2.98. The lowest BCUT2D eigenvalue weighted by molar-refractivity contribution is -0.117. The summed E-state index contributed by atoms with van der Waals surface area (Å²) in [6.45, 7) is 0.176. The van der Waals surface area contributed by atoms with E-state index in [1.807, 2.05) is 0 Å². The number of nitrogens with two attached hydrogens (primary N) is 1. The molecule has 0 saturated heterocycles. The Morgan fingerprint density at radius 2 is 1.95 bits per heavy atom. The molecule has 0 spiro atoms. The van der Waals surface area contributed by atoms with Crippen LogP contribution in [-0.2, 0) is 4.79 Å². The summed E-state index contributed by atoms with van der Waals surface area (Å²) in [5.41, 5.74) is 6.37. The summed E-state index contributed by atoms with van der Waals surface area (Å²) in [5, 5.41) is 3.24. The molecule has 1 aliphatic heterocycles. The smallest absolute Gasteiger partial charge is 0.231 e. The van der Waals surface area contributed by atoms with Gasteiger partial charge in [-0.25, -0.2) is 0 Å². The van der Waals surface area contributed by atoms with E-state index in [9.17, 15) is 4.79 Å². The zero-order valence-corrected chi connectivity index (χ0v) is 11.8. The van der Waals surface area contributed by atoms with Crippen LogP contribution in [0.25, 0.3) is 0 Å². The summed E-state index contributed by atoms with van der Waals surface area (Å²) < 4.78 is 10.5. The predicted molar refractivity (Wildman–Crippen MR) is 76.2 cm³/mol. The highest BCUT2D eigenvalue weighted by atomic mass is 35.5. The molecule has 0 atom stereocenters. The molecule has 1 aliphatic carbocycles.